The topological polar surface area (TPSA) is 87.0 Å². The van der Waals surface area contributed by atoms with Crippen molar-refractivity contribution in [1.82, 2.24) is 15.3 Å². The first-order chi connectivity index (χ1) is 12.1. The van der Waals surface area contributed by atoms with E-state index in [-0.39, 0.29) is 23.9 Å². The zero-order chi connectivity index (χ0) is 17.4. The van der Waals surface area contributed by atoms with E-state index in [0.717, 1.165) is 58.7 Å². The SMILES string of the molecule is Cc1c[nH]c2nccc(N3C=C(C(=O)NCC4(N)CCC4)SCC3)c12.Cl. The number of nitrogens with one attached hydrogen (secondary N) is 2. The molecule has 4 rings (SSSR count). The van der Waals surface area contributed by atoms with E-state index in [2.05, 4.69) is 27.1 Å². The van der Waals surface area contributed by atoms with Crippen molar-refractivity contribution in [2.24, 2.45) is 5.73 Å². The molecule has 0 unspecified atom stereocenters. The van der Waals surface area contributed by atoms with Gasteiger partial charge in [0.15, 0.2) is 0 Å². The Bertz CT molecular complexity index is 845. The number of halogens is 1. The molecule has 140 valence electrons. The molecular formula is C18H24ClN5OS. The fourth-order valence-corrected chi connectivity index (χ4v) is 4.31. The highest BCUT2D eigenvalue weighted by molar-refractivity contribution is 8.04. The standard InChI is InChI=1S/C18H23N5OS.ClH/c1-12-9-21-16-15(12)13(3-6-20-16)23-7-8-25-14(10-23)17(24)22-11-18(19)4-2-5-18;/h3,6,9-10H,2,4-5,7-8,11,19H2,1H3,(H,20,21)(H,22,24);1H. The van der Waals surface area contributed by atoms with E-state index in [0.29, 0.717) is 6.54 Å². The summed E-state index contributed by atoms with van der Waals surface area (Å²) in [6.07, 6.45) is 8.87. The van der Waals surface area contributed by atoms with Crippen molar-refractivity contribution in [2.45, 2.75) is 31.7 Å². The molecule has 1 amide bonds. The number of nitrogens with two attached hydrogens (primary N) is 1. The zero-order valence-electron chi connectivity index (χ0n) is 14.7. The summed E-state index contributed by atoms with van der Waals surface area (Å²) in [6, 6.07) is 2.01. The number of aryl methyl sites for hydroxylation is 1. The van der Waals surface area contributed by atoms with Crippen molar-refractivity contribution in [1.29, 1.82) is 0 Å². The van der Waals surface area contributed by atoms with Crippen LogP contribution in [0.2, 0.25) is 0 Å². The molecule has 2 aromatic heterocycles. The maximum atomic E-state index is 12.5. The first-order valence-electron chi connectivity index (χ1n) is 8.67. The number of rotatable bonds is 4. The summed E-state index contributed by atoms with van der Waals surface area (Å²) in [5, 5.41) is 4.12. The minimum absolute atomic E-state index is 0. The van der Waals surface area contributed by atoms with E-state index >= 15 is 0 Å². The lowest BCUT2D eigenvalue weighted by atomic mass is 9.78. The molecule has 0 saturated heterocycles. The zero-order valence-corrected chi connectivity index (χ0v) is 16.4. The molecule has 4 N–H and O–H groups in total. The van der Waals surface area contributed by atoms with E-state index in [1.54, 1.807) is 18.0 Å². The van der Waals surface area contributed by atoms with Gasteiger partial charge in [-0.3, -0.25) is 4.79 Å². The van der Waals surface area contributed by atoms with Crippen LogP contribution in [-0.2, 0) is 4.79 Å². The van der Waals surface area contributed by atoms with E-state index in [1.165, 1.54) is 0 Å². The third kappa shape index (κ3) is 3.56. The van der Waals surface area contributed by atoms with Gasteiger partial charge in [-0.25, -0.2) is 4.98 Å². The highest BCUT2D eigenvalue weighted by atomic mass is 35.5. The Hall–Kier alpha value is -1.70. The second-order valence-electron chi connectivity index (χ2n) is 6.96. The van der Waals surface area contributed by atoms with Crippen LogP contribution in [0.5, 0.6) is 0 Å². The van der Waals surface area contributed by atoms with E-state index < -0.39 is 0 Å². The Morgan fingerprint density at radius 3 is 3.04 bits per heavy atom. The van der Waals surface area contributed by atoms with Gasteiger partial charge in [-0.15, -0.1) is 24.2 Å². The van der Waals surface area contributed by atoms with E-state index in [1.807, 2.05) is 18.5 Å². The number of nitrogens with zero attached hydrogens (tertiary/aromatic N) is 2. The highest BCUT2D eigenvalue weighted by Gasteiger charge is 2.33. The molecule has 8 heteroatoms. The second kappa shape index (κ2) is 7.50. The van der Waals surface area contributed by atoms with Crippen molar-refractivity contribution in [3.63, 3.8) is 0 Å². The minimum Gasteiger partial charge on any atom is -0.350 e. The Kier molecular flexibility index (Phi) is 5.50. The summed E-state index contributed by atoms with van der Waals surface area (Å²) in [5.74, 6) is 0.850. The van der Waals surface area contributed by atoms with Gasteiger partial charge in [-0.2, -0.15) is 0 Å². The number of pyridine rings is 1. The molecule has 6 nitrogen and oxygen atoms in total. The van der Waals surface area contributed by atoms with Gasteiger partial charge in [0.1, 0.15) is 5.65 Å². The molecule has 3 heterocycles. The number of anilines is 1. The molecular weight excluding hydrogens is 370 g/mol. The van der Waals surface area contributed by atoms with E-state index in [4.69, 9.17) is 5.73 Å². The van der Waals surface area contributed by atoms with Crippen LogP contribution in [-0.4, -0.2) is 40.3 Å². The van der Waals surface area contributed by atoms with Crippen molar-refractivity contribution < 1.29 is 4.79 Å². The van der Waals surface area contributed by atoms with Crippen molar-refractivity contribution in [2.75, 3.05) is 23.7 Å². The third-order valence-corrected chi connectivity index (χ3v) is 6.08. The Labute approximate surface area is 163 Å². The number of thioether (sulfide) groups is 1. The number of H-pyrrole nitrogens is 1. The van der Waals surface area contributed by atoms with Crippen LogP contribution in [0.25, 0.3) is 11.0 Å². The van der Waals surface area contributed by atoms with Gasteiger partial charge >= 0.3 is 0 Å². The van der Waals surface area contributed by atoms with Crippen LogP contribution >= 0.6 is 24.2 Å². The minimum atomic E-state index is -0.200. The molecule has 1 aliphatic carbocycles. The number of amides is 1. The summed E-state index contributed by atoms with van der Waals surface area (Å²) in [5.41, 5.74) is 9.13. The third-order valence-electron chi connectivity index (χ3n) is 5.10. The summed E-state index contributed by atoms with van der Waals surface area (Å²) in [6.45, 7) is 3.49. The molecule has 1 aliphatic heterocycles. The second-order valence-corrected chi connectivity index (χ2v) is 8.10. The first kappa shape index (κ1) is 19.1. The Morgan fingerprint density at radius 1 is 1.50 bits per heavy atom. The number of carbonyl (C=O) groups excluding carboxylic acids is 1. The Balaban J connectivity index is 0.00000196. The molecule has 1 fully saturated rings. The summed E-state index contributed by atoms with van der Waals surface area (Å²) in [7, 11) is 0. The molecule has 2 aliphatic rings. The van der Waals surface area contributed by atoms with Gasteiger partial charge in [0.05, 0.1) is 10.6 Å². The summed E-state index contributed by atoms with van der Waals surface area (Å²) >= 11 is 1.60. The van der Waals surface area contributed by atoms with Crippen LogP contribution in [0.15, 0.2) is 29.6 Å². The summed E-state index contributed by atoms with van der Waals surface area (Å²) < 4.78 is 0. The number of fused-ring (bicyclic) bond motifs is 1. The fraction of sp³-hybridized carbons (Fsp3) is 0.444. The maximum Gasteiger partial charge on any atom is 0.259 e. The van der Waals surface area contributed by atoms with Gasteiger partial charge in [0.25, 0.3) is 5.91 Å². The molecule has 0 radical (unpaired) electrons. The largest absolute Gasteiger partial charge is 0.350 e. The average molecular weight is 394 g/mol. The van der Waals surface area contributed by atoms with Gasteiger partial charge in [0.2, 0.25) is 0 Å². The van der Waals surface area contributed by atoms with Crippen molar-refractivity contribution >= 4 is 46.8 Å². The molecule has 26 heavy (non-hydrogen) atoms. The predicted molar refractivity (Wildman–Crippen MR) is 110 cm³/mol. The molecule has 1 saturated carbocycles. The lowest BCUT2D eigenvalue weighted by molar-refractivity contribution is -0.117. The van der Waals surface area contributed by atoms with Gasteiger partial charge in [-0.05, 0) is 37.8 Å². The number of aromatic nitrogens is 2. The van der Waals surface area contributed by atoms with Gasteiger partial charge < -0.3 is 20.9 Å². The van der Waals surface area contributed by atoms with Crippen LogP contribution in [0.1, 0.15) is 24.8 Å². The lowest BCUT2D eigenvalue weighted by Crippen LogP contribution is -2.55. The van der Waals surface area contributed by atoms with Crippen LogP contribution in [0, 0.1) is 6.92 Å². The van der Waals surface area contributed by atoms with Crippen LogP contribution in [0.4, 0.5) is 5.69 Å². The van der Waals surface area contributed by atoms with E-state index in [9.17, 15) is 4.79 Å². The number of carbonyl (C=O) groups is 1. The smallest absolute Gasteiger partial charge is 0.259 e. The van der Waals surface area contributed by atoms with Gasteiger partial charge in [-0.1, -0.05) is 0 Å². The lowest BCUT2D eigenvalue weighted by Gasteiger charge is -2.38. The first-order valence-corrected chi connectivity index (χ1v) is 9.65. The summed E-state index contributed by atoms with van der Waals surface area (Å²) in [4.78, 5) is 23.0. The number of aromatic amines is 1. The van der Waals surface area contributed by atoms with Crippen molar-refractivity contribution in [3.8, 4) is 0 Å². The molecule has 2 aromatic rings. The number of hydrogen-bond donors (Lipinski definition) is 3. The van der Waals surface area contributed by atoms with Crippen LogP contribution in [0.3, 0.4) is 0 Å². The molecule has 0 atom stereocenters. The fourth-order valence-electron chi connectivity index (χ4n) is 3.40. The van der Waals surface area contributed by atoms with Gasteiger partial charge in [0, 0.05) is 48.4 Å². The van der Waals surface area contributed by atoms with Crippen LogP contribution < -0.4 is 16.0 Å². The molecule has 0 spiro atoms. The monoisotopic (exact) mass is 393 g/mol. The molecule has 0 aromatic carbocycles. The van der Waals surface area contributed by atoms with Crippen molar-refractivity contribution in [3.05, 3.63) is 35.1 Å². The average Bonchev–Trinajstić information content (AvgIpc) is 2.99. The molecule has 0 bridgehead atoms. The normalized spacial score (nSPS) is 18.7. The quantitative estimate of drug-likeness (QED) is 0.743. The predicted octanol–water partition coefficient (Wildman–Crippen LogP) is 2.69. The Morgan fingerprint density at radius 2 is 2.31 bits per heavy atom. The maximum absolute atomic E-state index is 12.5. The highest BCUT2D eigenvalue weighted by Crippen LogP contribution is 2.33. The number of hydrogen-bond acceptors (Lipinski definition) is 5.